The summed E-state index contributed by atoms with van der Waals surface area (Å²) >= 11 is 0. The third kappa shape index (κ3) is 2.82. The van der Waals surface area contributed by atoms with E-state index in [0.29, 0.717) is 30.6 Å². The molecule has 90 valence electrons. The van der Waals surface area contributed by atoms with Crippen molar-refractivity contribution in [1.82, 2.24) is 4.90 Å². The molecule has 1 aliphatic heterocycles. The van der Waals surface area contributed by atoms with Gasteiger partial charge < -0.3 is 5.11 Å². The molecule has 1 atom stereocenters. The Hall–Kier alpha value is -1.44. The van der Waals surface area contributed by atoms with Crippen LogP contribution in [0, 0.1) is 17.1 Å². The van der Waals surface area contributed by atoms with Crippen LogP contribution in [0.4, 0.5) is 4.39 Å². The zero-order valence-corrected chi connectivity index (χ0v) is 9.78. The molecule has 0 aliphatic carbocycles. The molecule has 17 heavy (non-hydrogen) atoms. The maximum Gasteiger partial charge on any atom is 0.129 e. The quantitative estimate of drug-likeness (QED) is 0.846. The van der Waals surface area contributed by atoms with Crippen molar-refractivity contribution in [2.75, 3.05) is 13.1 Å². The maximum atomic E-state index is 13.6. The van der Waals surface area contributed by atoms with Crippen LogP contribution in [0.25, 0.3) is 0 Å². The molecule has 1 aromatic carbocycles. The highest BCUT2D eigenvalue weighted by atomic mass is 19.1. The summed E-state index contributed by atoms with van der Waals surface area (Å²) in [5.41, 5.74) is 0.240. The molecular weight excluding hydrogens is 219 g/mol. The van der Waals surface area contributed by atoms with Crippen molar-refractivity contribution < 1.29 is 9.50 Å². The number of hydrogen-bond donors (Lipinski definition) is 1. The van der Waals surface area contributed by atoms with Crippen molar-refractivity contribution in [3.63, 3.8) is 0 Å². The van der Waals surface area contributed by atoms with E-state index in [1.165, 1.54) is 6.07 Å². The summed E-state index contributed by atoms with van der Waals surface area (Å²) in [6, 6.07) is 6.42. The molecule has 1 aromatic rings. The number of halogens is 1. The van der Waals surface area contributed by atoms with E-state index in [-0.39, 0.29) is 5.82 Å². The second-order valence-electron chi connectivity index (χ2n) is 4.88. The van der Waals surface area contributed by atoms with Gasteiger partial charge in [0.1, 0.15) is 5.82 Å². The van der Waals surface area contributed by atoms with E-state index in [2.05, 4.69) is 0 Å². The van der Waals surface area contributed by atoms with Gasteiger partial charge in [0, 0.05) is 25.2 Å². The van der Waals surface area contributed by atoms with E-state index in [1.807, 2.05) is 11.0 Å². The summed E-state index contributed by atoms with van der Waals surface area (Å²) in [6.45, 7) is 3.61. The highest BCUT2D eigenvalue weighted by Gasteiger charge is 2.31. The number of likely N-dealkylation sites (tertiary alicyclic amines) is 1. The van der Waals surface area contributed by atoms with Gasteiger partial charge in [-0.3, -0.25) is 4.90 Å². The fourth-order valence-corrected chi connectivity index (χ4v) is 2.16. The number of rotatable bonds is 2. The Balaban J connectivity index is 2.08. The predicted octanol–water partition coefficient (Wildman–Crippen LogP) is 1.65. The van der Waals surface area contributed by atoms with Gasteiger partial charge in [0.05, 0.1) is 17.2 Å². The highest BCUT2D eigenvalue weighted by molar-refractivity contribution is 5.32. The first-order valence-electron chi connectivity index (χ1n) is 5.63. The Morgan fingerprint density at radius 2 is 2.35 bits per heavy atom. The van der Waals surface area contributed by atoms with Crippen molar-refractivity contribution in [3.8, 4) is 6.07 Å². The standard InChI is InChI=1S/C13H15FN2O/c1-13(17)4-5-16(9-13)8-11-3-2-10(7-15)6-12(11)14/h2-3,6,17H,4-5,8-9H2,1H3. The first-order chi connectivity index (χ1) is 8.00. The van der Waals surface area contributed by atoms with Gasteiger partial charge in [-0.2, -0.15) is 5.26 Å². The number of nitrogens with zero attached hydrogens (tertiary/aromatic N) is 2. The molecule has 1 heterocycles. The van der Waals surface area contributed by atoms with Crippen LogP contribution in [0.1, 0.15) is 24.5 Å². The molecule has 0 saturated carbocycles. The van der Waals surface area contributed by atoms with Crippen LogP contribution >= 0.6 is 0 Å². The predicted molar refractivity (Wildman–Crippen MR) is 61.6 cm³/mol. The lowest BCUT2D eigenvalue weighted by Gasteiger charge is -2.19. The SMILES string of the molecule is CC1(O)CCN(Cc2ccc(C#N)cc2F)C1. The average Bonchev–Trinajstić information content (AvgIpc) is 2.61. The molecule has 2 rings (SSSR count). The third-order valence-corrected chi connectivity index (χ3v) is 3.11. The molecule has 1 aliphatic rings. The lowest BCUT2D eigenvalue weighted by Crippen LogP contribution is -2.29. The molecule has 0 radical (unpaired) electrons. The summed E-state index contributed by atoms with van der Waals surface area (Å²) < 4.78 is 13.6. The molecule has 0 spiro atoms. The molecule has 3 nitrogen and oxygen atoms in total. The Bertz CT molecular complexity index is 465. The molecule has 0 bridgehead atoms. The fraction of sp³-hybridized carbons (Fsp3) is 0.462. The number of benzene rings is 1. The van der Waals surface area contributed by atoms with Gasteiger partial charge in [-0.1, -0.05) is 6.07 Å². The minimum atomic E-state index is -0.664. The Labute approximate surface area is 100 Å². The number of aliphatic hydroxyl groups is 1. The topological polar surface area (TPSA) is 47.3 Å². The van der Waals surface area contributed by atoms with Gasteiger partial charge >= 0.3 is 0 Å². The highest BCUT2D eigenvalue weighted by Crippen LogP contribution is 2.23. The molecule has 0 amide bonds. The molecule has 1 saturated heterocycles. The van der Waals surface area contributed by atoms with Gasteiger partial charge in [0.15, 0.2) is 0 Å². The Morgan fingerprint density at radius 1 is 1.59 bits per heavy atom. The third-order valence-electron chi connectivity index (χ3n) is 3.11. The molecular formula is C13H15FN2O. The summed E-state index contributed by atoms with van der Waals surface area (Å²) in [4.78, 5) is 2.02. The smallest absolute Gasteiger partial charge is 0.129 e. The summed E-state index contributed by atoms with van der Waals surface area (Å²) in [5, 5.41) is 18.5. The number of nitriles is 1. The van der Waals surface area contributed by atoms with E-state index >= 15 is 0 Å². The van der Waals surface area contributed by atoms with E-state index in [9.17, 15) is 9.50 Å². The summed E-state index contributed by atoms with van der Waals surface area (Å²) in [5.74, 6) is -0.351. The van der Waals surface area contributed by atoms with E-state index in [1.54, 1.807) is 19.1 Å². The molecule has 4 heteroatoms. The fourth-order valence-electron chi connectivity index (χ4n) is 2.16. The summed E-state index contributed by atoms with van der Waals surface area (Å²) in [6.07, 6.45) is 0.713. The second-order valence-corrected chi connectivity index (χ2v) is 4.88. The van der Waals surface area contributed by atoms with Crippen LogP contribution in [0.15, 0.2) is 18.2 Å². The van der Waals surface area contributed by atoms with Gasteiger partial charge in [-0.15, -0.1) is 0 Å². The van der Waals surface area contributed by atoms with Crippen LogP contribution in [0.3, 0.4) is 0 Å². The zero-order chi connectivity index (χ0) is 12.5. The lowest BCUT2D eigenvalue weighted by atomic mass is 10.1. The van der Waals surface area contributed by atoms with Crippen molar-refractivity contribution >= 4 is 0 Å². The normalized spacial score (nSPS) is 24.8. The van der Waals surface area contributed by atoms with Crippen molar-refractivity contribution in [1.29, 1.82) is 5.26 Å². The Kier molecular flexibility index (Phi) is 3.14. The summed E-state index contributed by atoms with van der Waals surface area (Å²) in [7, 11) is 0. The first kappa shape index (κ1) is 12.0. The zero-order valence-electron chi connectivity index (χ0n) is 9.78. The average molecular weight is 234 g/mol. The molecule has 0 aromatic heterocycles. The van der Waals surface area contributed by atoms with Crippen LogP contribution < -0.4 is 0 Å². The Morgan fingerprint density at radius 3 is 2.88 bits per heavy atom. The number of β-amino-alcohol motifs (C(OH)–C–C–N with tert-alkyl or cyclic N) is 1. The second kappa shape index (κ2) is 4.44. The van der Waals surface area contributed by atoms with E-state index < -0.39 is 5.60 Å². The van der Waals surface area contributed by atoms with Gasteiger partial charge in [-0.05, 0) is 25.5 Å². The number of hydrogen-bond acceptors (Lipinski definition) is 3. The molecule has 1 unspecified atom stereocenters. The first-order valence-corrected chi connectivity index (χ1v) is 5.63. The largest absolute Gasteiger partial charge is 0.389 e. The minimum absolute atomic E-state index is 0.333. The molecule has 1 N–H and O–H groups in total. The van der Waals surface area contributed by atoms with Crippen LogP contribution in [0.2, 0.25) is 0 Å². The van der Waals surface area contributed by atoms with E-state index in [0.717, 1.165) is 6.54 Å². The molecule has 1 fully saturated rings. The van der Waals surface area contributed by atoms with Crippen LogP contribution in [0.5, 0.6) is 0 Å². The monoisotopic (exact) mass is 234 g/mol. The van der Waals surface area contributed by atoms with Crippen molar-refractivity contribution in [2.45, 2.75) is 25.5 Å². The van der Waals surface area contributed by atoms with Crippen LogP contribution in [-0.4, -0.2) is 28.7 Å². The van der Waals surface area contributed by atoms with Crippen molar-refractivity contribution in [2.24, 2.45) is 0 Å². The van der Waals surface area contributed by atoms with Gasteiger partial charge in [0.2, 0.25) is 0 Å². The minimum Gasteiger partial charge on any atom is -0.389 e. The van der Waals surface area contributed by atoms with Crippen molar-refractivity contribution in [3.05, 3.63) is 35.1 Å². The van der Waals surface area contributed by atoms with Gasteiger partial charge in [-0.25, -0.2) is 4.39 Å². The van der Waals surface area contributed by atoms with Crippen LogP contribution in [-0.2, 0) is 6.54 Å². The van der Waals surface area contributed by atoms with E-state index in [4.69, 9.17) is 5.26 Å². The lowest BCUT2D eigenvalue weighted by molar-refractivity contribution is 0.0677. The van der Waals surface area contributed by atoms with Gasteiger partial charge in [0.25, 0.3) is 0 Å². The maximum absolute atomic E-state index is 13.6.